The van der Waals surface area contributed by atoms with Gasteiger partial charge in [-0.2, -0.15) is 0 Å². The van der Waals surface area contributed by atoms with Crippen molar-refractivity contribution in [2.45, 2.75) is 19.4 Å². The molecule has 1 aromatic rings. The highest BCUT2D eigenvalue weighted by molar-refractivity contribution is 6.01. The average Bonchev–Trinajstić information content (AvgIpc) is 2.45. The van der Waals surface area contributed by atoms with Crippen LogP contribution in [0.15, 0.2) is 24.3 Å². The first kappa shape index (κ1) is 17.3. The van der Waals surface area contributed by atoms with Gasteiger partial charge in [-0.3, -0.25) is 9.59 Å². The smallest absolute Gasteiger partial charge is 0.307 e. The molecule has 0 saturated carbocycles. The van der Waals surface area contributed by atoms with Crippen LogP contribution in [0, 0.1) is 6.92 Å². The van der Waals surface area contributed by atoms with Gasteiger partial charge in [-0.25, -0.2) is 0 Å². The summed E-state index contributed by atoms with van der Waals surface area (Å²) in [7, 11) is 5.24. The van der Waals surface area contributed by atoms with Crippen LogP contribution in [0.4, 0.5) is 0 Å². The molecule has 5 nitrogen and oxygen atoms in total. The summed E-state index contributed by atoms with van der Waals surface area (Å²) < 4.78 is 4.67. The van der Waals surface area contributed by atoms with Gasteiger partial charge >= 0.3 is 5.97 Å². The number of methoxy groups -OCH3 is 1. The van der Waals surface area contributed by atoms with Crippen LogP contribution in [0.5, 0.6) is 0 Å². The van der Waals surface area contributed by atoms with E-state index in [2.05, 4.69) is 10.1 Å². The molecule has 1 atom stereocenters. The molecule has 0 radical (unpaired) electrons. The number of likely N-dealkylation sites (N-methyl/N-ethyl adjacent to an activating group) is 1. The first-order valence-corrected chi connectivity index (χ1v) is 7.00. The number of ketones is 1. The van der Waals surface area contributed by atoms with Crippen LogP contribution in [-0.4, -0.2) is 57.0 Å². The van der Waals surface area contributed by atoms with Gasteiger partial charge in [-0.1, -0.05) is 29.8 Å². The minimum Gasteiger partial charge on any atom is -0.469 e. The molecule has 1 aromatic carbocycles. The van der Waals surface area contributed by atoms with Crippen LogP contribution >= 0.6 is 0 Å². The summed E-state index contributed by atoms with van der Waals surface area (Å²) in [5.74, 6) is -0.475. The average molecular weight is 292 g/mol. The minimum absolute atomic E-state index is 0.0383. The van der Waals surface area contributed by atoms with Crippen LogP contribution in [0.1, 0.15) is 22.3 Å². The molecule has 21 heavy (non-hydrogen) atoms. The van der Waals surface area contributed by atoms with Crippen molar-refractivity contribution in [1.82, 2.24) is 10.2 Å². The molecule has 0 aliphatic carbocycles. The second-order valence-corrected chi connectivity index (χ2v) is 5.32. The number of rotatable bonds is 8. The minimum atomic E-state index is -0.555. The molecule has 0 heterocycles. The van der Waals surface area contributed by atoms with E-state index in [1.165, 1.54) is 7.11 Å². The lowest BCUT2D eigenvalue weighted by molar-refractivity contribution is -0.140. The number of ether oxygens (including phenoxy) is 1. The highest BCUT2D eigenvalue weighted by Crippen LogP contribution is 2.09. The second kappa shape index (κ2) is 8.54. The van der Waals surface area contributed by atoms with Crippen LogP contribution in [-0.2, 0) is 9.53 Å². The van der Waals surface area contributed by atoms with Gasteiger partial charge in [0, 0.05) is 18.7 Å². The van der Waals surface area contributed by atoms with Gasteiger partial charge < -0.3 is 15.0 Å². The first-order valence-electron chi connectivity index (χ1n) is 7.00. The molecule has 0 bridgehead atoms. The third-order valence-electron chi connectivity index (χ3n) is 3.20. The SMILES string of the molecule is COC(=O)CC(NCCN(C)C)C(=O)c1ccc(C)cc1. The molecule has 0 saturated heterocycles. The van der Waals surface area contributed by atoms with E-state index < -0.39 is 12.0 Å². The third-order valence-corrected chi connectivity index (χ3v) is 3.20. The summed E-state index contributed by atoms with van der Waals surface area (Å²) >= 11 is 0. The molecule has 0 aliphatic heterocycles. The Labute approximate surface area is 126 Å². The van der Waals surface area contributed by atoms with Crippen LogP contribution in [0.2, 0.25) is 0 Å². The number of carbonyl (C=O) groups excluding carboxylic acids is 2. The van der Waals surface area contributed by atoms with Crippen molar-refractivity contribution in [3.05, 3.63) is 35.4 Å². The molecule has 1 unspecified atom stereocenters. The Morgan fingerprint density at radius 1 is 1.24 bits per heavy atom. The van der Waals surface area contributed by atoms with Crippen molar-refractivity contribution in [3.8, 4) is 0 Å². The molecular formula is C16H24N2O3. The topological polar surface area (TPSA) is 58.6 Å². The molecule has 116 valence electrons. The molecular weight excluding hydrogens is 268 g/mol. The highest BCUT2D eigenvalue weighted by atomic mass is 16.5. The summed E-state index contributed by atoms with van der Waals surface area (Å²) in [5.41, 5.74) is 1.70. The fraction of sp³-hybridized carbons (Fsp3) is 0.500. The predicted octanol–water partition coefficient (Wildman–Crippen LogP) is 1.26. The van der Waals surface area contributed by atoms with E-state index in [9.17, 15) is 9.59 Å². The van der Waals surface area contributed by atoms with E-state index in [0.29, 0.717) is 12.1 Å². The van der Waals surface area contributed by atoms with E-state index in [1.54, 1.807) is 12.1 Å². The Hall–Kier alpha value is -1.72. The number of esters is 1. The number of nitrogens with zero attached hydrogens (tertiary/aromatic N) is 1. The lowest BCUT2D eigenvalue weighted by atomic mass is 10.0. The van der Waals surface area contributed by atoms with Crippen molar-refractivity contribution >= 4 is 11.8 Å². The van der Waals surface area contributed by atoms with E-state index in [4.69, 9.17) is 0 Å². The fourth-order valence-electron chi connectivity index (χ4n) is 1.89. The van der Waals surface area contributed by atoms with Gasteiger partial charge in [0.2, 0.25) is 0 Å². The molecule has 0 aliphatic rings. The molecule has 0 fully saturated rings. The summed E-state index contributed by atoms with van der Waals surface area (Å²) in [6.45, 7) is 3.39. The van der Waals surface area contributed by atoms with Crippen molar-refractivity contribution in [3.63, 3.8) is 0 Å². The summed E-state index contributed by atoms with van der Waals surface area (Å²) in [4.78, 5) is 26.0. The van der Waals surface area contributed by atoms with Gasteiger partial charge in [0.05, 0.1) is 19.6 Å². The fourth-order valence-corrected chi connectivity index (χ4v) is 1.89. The van der Waals surface area contributed by atoms with E-state index in [1.807, 2.05) is 38.1 Å². The van der Waals surface area contributed by atoms with Crippen molar-refractivity contribution in [2.75, 3.05) is 34.3 Å². The monoisotopic (exact) mass is 292 g/mol. The van der Waals surface area contributed by atoms with Crippen molar-refractivity contribution in [2.24, 2.45) is 0 Å². The number of hydrogen-bond donors (Lipinski definition) is 1. The summed E-state index contributed by atoms with van der Waals surface area (Å²) in [6, 6.07) is 6.80. The number of aryl methyl sites for hydroxylation is 1. The van der Waals surface area contributed by atoms with Crippen LogP contribution in [0.25, 0.3) is 0 Å². The van der Waals surface area contributed by atoms with Crippen LogP contribution < -0.4 is 5.32 Å². The van der Waals surface area contributed by atoms with Gasteiger partial charge in [0.15, 0.2) is 5.78 Å². The maximum absolute atomic E-state index is 12.5. The molecule has 1 rings (SSSR count). The van der Waals surface area contributed by atoms with Crippen molar-refractivity contribution in [1.29, 1.82) is 0 Å². The third kappa shape index (κ3) is 6.06. The molecule has 1 N–H and O–H groups in total. The molecule has 5 heteroatoms. The number of benzene rings is 1. The maximum Gasteiger partial charge on any atom is 0.307 e. The van der Waals surface area contributed by atoms with E-state index >= 15 is 0 Å². The largest absolute Gasteiger partial charge is 0.469 e. The number of carbonyl (C=O) groups is 2. The van der Waals surface area contributed by atoms with Gasteiger partial charge in [-0.15, -0.1) is 0 Å². The second-order valence-electron chi connectivity index (χ2n) is 5.32. The predicted molar refractivity (Wildman–Crippen MR) is 82.5 cm³/mol. The zero-order valence-electron chi connectivity index (χ0n) is 13.2. The zero-order valence-corrected chi connectivity index (χ0v) is 13.2. The molecule has 0 aromatic heterocycles. The standard InChI is InChI=1S/C16H24N2O3/c1-12-5-7-13(8-6-12)16(20)14(11-15(19)21-4)17-9-10-18(2)3/h5-8,14,17H,9-11H2,1-4H3. The molecule has 0 spiro atoms. The van der Waals surface area contributed by atoms with Gasteiger partial charge in [0.1, 0.15) is 0 Å². The lowest BCUT2D eigenvalue weighted by Crippen LogP contribution is -2.41. The van der Waals surface area contributed by atoms with E-state index in [-0.39, 0.29) is 12.2 Å². The Bertz CT molecular complexity index is 469. The first-order chi connectivity index (χ1) is 9.93. The van der Waals surface area contributed by atoms with Crippen molar-refractivity contribution < 1.29 is 14.3 Å². The Balaban J connectivity index is 2.75. The van der Waals surface area contributed by atoms with Gasteiger partial charge in [0.25, 0.3) is 0 Å². The number of nitrogens with one attached hydrogen (secondary N) is 1. The molecule has 0 amide bonds. The Morgan fingerprint density at radius 3 is 2.38 bits per heavy atom. The van der Waals surface area contributed by atoms with Gasteiger partial charge in [-0.05, 0) is 21.0 Å². The Morgan fingerprint density at radius 2 is 1.86 bits per heavy atom. The normalized spacial score (nSPS) is 12.2. The number of hydrogen-bond acceptors (Lipinski definition) is 5. The lowest BCUT2D eigenvalue weighted by Gasteiger charge is -2.18. The summed E-state index contributed by atoms with van der Waals surface area (Å²) in [6.07, 6.45) is 0.0383. The van der Waals surface area contributed by atoms with E-state index in [0.717, 1.165) is 12.1 Å². The highest BCUT2D eigenvalue weighted by Gasteiger charge is 2.23. The summed E-state index contributed by atoms with van der Waals surface area (Å²) in [5, 5.41) is 3.14. The Kier molecular flexibility index (Phi) is 7.05. The zero-order chi connectivity index (χ0) is 15.8. The van der Waals surface area contributed by atoms with Crippen LogP contribution in [0.3, 0.4) is 0 Å². The quantitative estimate of drug-likeness (QED) is 0.577. The number of Topliss-reactive ketones (excluding diaryl/α,β-unsaturated/α-hetero) is 1. The maximum atomic E-state index is 12.5.